The van der Waals surface area contributed by atoms with Crippen LogP contribution in [0.25, 0.3) is 0 Å². The van der Waals surface area contributed by atoms with Gasteiger partial charge >= 0.3 is 0 Å². The van der Waals surface area contributed by atoms with Gasteiger partial charge in [0.25, 0.3) is 5.92 Å². The Morgan fingerprint density at radius 1 is 1.19 bits per heavy atom. The molecule has 0 bridgehead atoms. The second kappa shape index (κ2) is 6.80. The first-order valence-electron chi connectivity index (χ1n) is 7.14. The third kappa shape index (κ3) is 4.36. The molecular formula is C16H21F2N3. The van der Waals surface area contributed by atoms with Crippen LogP contribution in [0.1, 0.15) is 23.4 Å². The highest BCUT2D eigenvalue weighted by Crippen LogP contribution is 2.26. The third-order valence-corrected chi connectivity index (χ3v) is 3.37. The average Bonchev–Trinajstić information content (AvgIpc) is 2.77. The number of hydrogen-bond donors (Lipinski definition) is 1. The lowest BCUT2D eigenvalue weighted by atomic mass is 10.1. The molecule has 0 unspecified atom stereocenters. The lowest BCUT2D eigenvalue weighted by molar-refractivity contribution is -0.00305. The highest BCUT2D eigenvalue weighted by Gasteiger charge is 2.30. The van der Waals surface area contributed by atoms with Crippen LogP contribution in [0.4, 0.5) is 8.78 Å². The van der Waals surface area contributed by atoms with Crippen LogP contribution >= 0.6 is 0 Å². The van der Waals surface area contributed by atoms with Crippen LogP contribution in [0.2, 0.25) is 0 Å². The molecule has 0 amide bonds. The van der Waals surface area contributed by atoms with Gasteiger partial charge in [0.1, 0.15) is 0 Å². The number of nitrogens with zero attached hydrogens (tertiary/aromatic N) is 2. The molecule has 1 aromatic heterocycles. The van der Waals surface area contributed by atoms with Crippen molar-refractivity contribution >= 4 is 0 Å². The molecule has 3 nitrogen and oxygen atoms in total. The first-order chi connectivity index (χ1) is 9.99. The van der Waals surface area contributed by atoms with E-state index in [0.717, 1.165) is 24.4 Å². The van der Waals surface area contributed by atoms with E-state index in [0.29, 0.717) is 6.54 Å². The Morgan fingerprint density at radius 2 is 1.90 bits per heavy atom. The zero-order chi connectivity index (χ0) is 15.3. The normalized spacial score (nSPS) is 11.8. The zero-order valence-corrected chi connectivity index (χ0v) is 12.4. The minimum Gasteiger partial charge on any atom is -0.311 e. The van der Waals surface area contributed by atoms with Gasteiger partial charge in [-0.25, -0.2) is 0 Å². The molecule has 0 atom stereocenters. The summed E-state index contributed by atoms with van der Waals surface area (Å²) in [7, 11) is 0. The Bertz CT molecular complexity index is 564. The van der Waals surface area contributed by atoms with Crippen LogP contribution < -0.4 is 5.32 Å². The molecule has 1 aromatic carbocycles. The summed E-state index contributed by atoms with van der Waals surface area (Å²) in [5.74, 6) is -2.83. The van der Waals surface area contributed by atoms with Gasteiger partial charge in [-0.05, 0) is 32.9 Å². The van der Waals surface area contributed by atoms with E-state index in [-0.39, 0.29) is 12.1 Å². The number of hydrogen-bond acceptors (Lipinski definition) is 2. The Morgan fingerprint density at radius 3 is 2.52 bits per heavy atom. The molecule has 0 aliphatic heterocycles. The molecule has 0 fully saturated rings. The van der Waals surface area contributed by atoms with Gasteiger partial charge in [0.2, 0.25) is 0 Å². The molecule has 1 heterocycles. The van der Waals surface area contributed by atoms with Crippen LogP contribution in [0.3, 0.4) is 0 Å². The summed E-state index contributed by atoms with van der Waals surface area (Å²) in [6.45, 7) is 4.89. The van der Waals surface area contributed by atoms with E-state index in [1.807, 2.05) is 24.6 Å². The molecule has 0 saturated heterocycles. The number of alkyl halides is 2. The molecule has 2 aromatic rings. The Kier molecular flexibility index (Phi) is 5.07. The molecule has 0 saturated carbocycles. The van der Waals surface area contributed by atoms with Gasteiger partial charge in [0.05, 0.1) is 12.2 Å². The minimum absolute atomic E-state index is 0.0519. The first-order valence-corrected chi connectivity index (χ1v) is 7.14. The first kappa shape index (κ1) is 15.6. The minimum atomic E-state index is -2.83. The van der Waals surface area contributed by atoms with Gasteiger partial charge in [-0.3, -0.25) is 4.68 Å². The monoisotopic (exact) mass is 293 g/mol. The summed E-state index contributed by atoms with van der Waals surface area (Å²) in [5, 5.41) is 7.17. The zero-order valence-electron chi connectivity index (χ0n) is 12.4. The van der Waals surface area contributed by atoms with Crippen molar-refractivity contribution in [2.45, 2.75) is 32.7 Å². The molecule has 1 N–H and O–H groups in total. The van der Waals surface area contributed by atoms with Gasteiger partial charge in [0.15, 0.2) is 0 Å². The van der Waals surface area contributed by atoms with Gasteiger partial charge in [-0.15, -0.1) is 0 Å². The van der Waals surface area contributed by atoms with Crippen LogP contribution in [0.15, 0.2) is 36.4 Å². The highest BCUT2D eigenvalue weighted by atomic mass is 19.3. The molecule has 0 spiro atoms. The van der Waals surface area contributed by atoms with Crippen LogP contribution in [-0.4, -0.2) is 22.9 Å². The van der Waals surface area contributed by atoms with E-state index >= 15 is 0 Å². The van der Waals surface area contributed by atoms with E-state index in [4.69, 9.17) is 0 Å². The van der Waals surface area contributed by atoms with Crippen molar-refractivity contribution in [3.63, 3.8) is 0 Å². The average molecular weight is 293 g/mol. The second-order valence-electron chi connectivity index (χ2n) is 5.25. The molecule has 2 rings (SSSR count). The predicted octanol–water partition coefficient (Wildman–Crippen LogP) is 3.27. The molecule has 0 radical (unpaired) electrons. The highest BCUT2D eigenvalue weighted by molar-refractivity contribution is 5.20. The van der Waals surface area contributed by atoms with Crippen molar-refractivity contribution in [2.24, 2.45) is 0 Å². The number of rotatable bonds is 7. The van der Waals surface area contributed by atoms with E-state index in [2.05, 4.69) is 10.4 Å². The quantitative estimate of drug-likeness (QED) is 0.794. The number of aromatic nitrogens is 2. The van der Waals surface area contributed by atoms with Crippen molar-refractivity contribution in [1.29, 1.82) is 0 Å². The number of aryl methyl sites for hydroxylation is 3. The van der Waals surface area contributed by atoms with Gasteiger partial charge in [-0.1, -0.05) is 30.3 Å². The third-order valence-electron chi connectivity index (χ3n) is 3.37. The fourth-order valence-electron chi connectivity index (χ4n) is 2.28. The van der Waals surface area contributed by atoms with Crippen molar-refractivity contribution in [1.82, 2.24) is 15.1 Å². The summed E-state index contributed by atoms with van der Waals surface area (Å²) < 4.78 is 29.7. The van der Waals surface area contributed by atoms with Crippen LogP contribution in [0, 0.1) is 13.8 Å². The Labute approximate surface area is 124 Å². The fraction of sp³-hybridized carbons (Fsp3) is 0.438. The van der Waals surface area contributed by atoms with Crippen molar-refractivity contribution in [3.8, 4) is 0 Å². The van der Waals surface area contributed by atoms with E-state index in [1.54, 1.807) is 18.2 Å². The lowest BCUT2D eigenvalue weighted by Gasteiger charge is -2.17. The summed E-state index contributed by atoms with van der Waals surface area (Å²) in [6, 6.07) is 9.92. The van der Waals surface area contributed by atoms with Gasteiger partial charge < -0.3 is 5.32 Å². The fourth-order valence-corrected chi connectivity index (χ4v) is 2.28. The van der Waals surface area contributed by atoms with Crippen molar-refractivity contribution in [2.75, 3.05) is 13.1 Å². The predicted molar refractivity (Wildman–Crippen MR) is 79.5 cm³/mol. The number of benzene rings is 1. The smallest absolute Gasteiger partial charge is 0.285 e. The van der Waals surface area contributed by atoms with Crippen LogP contribution in [-0.2, 0) is 12.5 Å². The summed E-state index contributed by atoms with van der Waals surface area (Å²) in [5.41, 5.74) is 2.13. The topological polar surface area (TPSA) is 29.9 Å². The van der Waals surface area contributed by atoms with Crippen molar-refractivity contribution < 1.29 is 8.78 Å². The van der Waals surface area contributed by atoms with E-state index in [9.17, 15) is 8.78 Å². The number of halogens is 2. The molecular weight excluding hydrogens is 272 g/mol. The maximum Gasteiger partial charge on any atom is 0.285 e. The Hall–Kier alpha value is -1.75. The van der Waals surface area contributed by atoms with Gasteiger partial charge in [-0.2, -0.15) is 13.9 Å². The summed E-state index contributed by atoms with van der Waals surface area (Å²) >= 11 is 0. The maximum atomic E-state index is 13.9. The summed E-state index contributed by atoms with van der Waals surface area (Å²) in [6.07, 6.45) is 0.771. The largest absolute Gasteiger partial charge is 0.311 e. The summed E-state index contributed by atoms with van der Waals surface area (Å²) in [4.78, 5) is 0. The van der Waals surface area contributed by atoms with E-state index < -0.39 is 5.92 Å². The SMILES string of the molecule is Cc1cc(C)n(CCCNCC(F)(F)c2ccccc2)n1. The molecule has 21 heavy (non-hydrogen) atoms. The molecule has 0 aliphatic rings. The standard InChI is InChI=1S/C16H21F2N3/c1-13-11-14(2)21(20-13)10-6-9-19-12-16(17,18)15-7-4-3-5-8-15/h3-5,7-8,11,19H,6,9-10,12H2,1-2H3. The second-order valence-corrected chi connectivity index (χ2v) is 5.25. The molecule has 0 aliphatic carbocycles. The van der Waals surface area contributed by atoms with Crippen LogP contribution in [0.5, 0.6) is 0 Å². The molecule has 5 heteroatoms. The van der Waals surface area contributed by atoms with Gasteiger partial charge in [0, 0.05) is 17.8 Å². The molecule has 114 valence electrons. The van der Waals surface area contributed by atoms with Crippen molar-refractivity contribution in [3.05, 3.63) is 53.3 Å². The number of nitrogens with one attached hydrogen (secondary N) is 1. The lowest BCUT2D eigenvalue weighted by Crippen LogP contribution is -2.31. The Balaban J connectivity index is 1.73. The maximum absolute atomic E-state index is 13.9. The van der Waals surface area contributed by atoms with E-state index in [1.165, 1.54) is 12.1 Å².